The number of benzene rings is 2. The van der Waals surface area contributed by atoms with E-state index in [9.17, 15) is 29.8 Å². The Morgan fingerprint density at radius 2 is 1.64 bits per heavy atom. The van der Waals surface area contributed by atoms with E-state index in [0.717, 1.165) is 12.1 Å². The zero-order valence-corrected chi connectivity index (χ0v) is 14.8. The molecule has 0 aromatic heterocycles. The molecule has 2 rings (SSSR count). The Bertz CT molecular complexity index is 1140. The summed E-state index contributed by atoms with van der Waals surface area (Å²) in [6, 6.07) is 6.02. The lowest BCUT2D eigenvalue weighted by Crippen LogP contribution is -2.16. The number of hydrogen-bond acceptors (Lipinski definition) is 8. The van der Waals surface area contributed by atoms with Crippen molar-refractivity contribution in [2.45, 2.75) is 9.79 Å². The first kappa shape index (κ1) is 19.6. The van der Waals surface area contributed by atoms with Crippen LogP contribution in [-0.2, 0) is 34.5 Å². The van der Waals surface area contributed by atoms with E-state index in [-0.39, 0.29) is 16.5 Å². The van der Waals surface area contributed by atoms with Crippen molar-refractivity contribution in [1.82, 2.24) is 0 Å². The second-order valence-electron chi connectivity index (χ2n) is 4.91. The van der Waals surface area contributed by atoms with E-state index < -0.39 is 52.5 Å². The maximum atomic E-state index is 12.5. The summed E-state index contributed by atoms with van der Waals surface area (Å²) >= 11 is 0. The second-order valence-corrected chi connectivity index (χ2v) is 9.50. The molecule has 0 aliphatic heterocycles. The topological polar surface area (TPSA) is 178 Å². The van der Waals surface area contributed by atoms with Crippen molar-refractivity contribution in [3.63, 3.8) is 0 Å². The summed E-state index contributed by atoms with van der Waals surface area (Å²) in [5, 5.41) is 0.158. The fraction of sp³-hybridized carbons (Fsp3) is 0.167. The molecule has 10 nitrogen and oxygen atoms in total. The quantitative estimate of drug-likeness (QED) is 0.441. The summed E-state index contributed by atoms with van der Waals surface area (Å²) < 4.78 is 90.4. The standard InChI is InChI=1S/C12H13NO9S3/c13-10-3-1-2-8-6-9(24(16,17)18)7-11(12(8)10)23(14,15)5-4-22-25(19,20)21/h1-3,6-7H,4-5,13H2,(H,16,17,18)(H,19,20,21). The molecule has 0 amide bonds. The molecule has 138 valence electrons. The highest BCUT2D eigenvalue weighted by atomic mass is 32.3. The summed E-state index contributed by atoms with van der Waals surface area (Å²) in [6.07, 6.45) is 0. The van der Waals surface area contributed by atoms with Crippen LogP contribution in [0.3, 0.4) is 0 Å². The Labute approximate surface area is 143 Å². The number of nitrogens with two attached hydrogens (primary N) is 1. The summed E-state index contributed by atoms with van der Waals surface area (Å²) in [5.74, 6) is -0.884. The predicted molar refractivity (Wildman–Crippen MR) is 87.7 cm³/mol. The normalized spacial score (nSPS) is 13.2. The van der Waals surface area contributed by atoms with Gasteiger partial charge in [0, 0.05) is 11.1 Å². The number of hydrogen-bond donors (Lipinski definition) is 3. The molecule has 0 fully saturated rings. The van der Waals surface area contributed by atoms with Crippen LogP contribution in [0.1, 0.15) is 0 Å². The average Bonchev–Trinajstić information content (AvgIpc) is 2.43. The van der Waals surface area contributed by atoms with Crippen LogP contribution in [0.4, 0.5) is 5.69 Å². The van der Waals surface area contributed by atoms with Crippen LogP contribution in [0, 0.1) is 0 Å². The fourth-order valence-corrected chi connectivity index (χ4v) is 4.54. The maximum absolute atomic E-state index is 12.5. The molecule has 0 radical (unpaired) electrons. The molecule has 0 saturated heterocycles. The molecule has 0 aliphatic rings. The molecule has 0 aliphatic carbocycles. The Kier molecular flexibility index (Phi) is 5.09. The van der Waals surface area contributed by atoms with Gasteiger partial charge in [-0.3, -0.25) is 9.11 Å². The van der Waals surface area contributed by atoms with E-state index in [4.69, 9.17) is 10.3 Å². The number of fused-ring (bicyclic) bond motifs is 1. The average molecular weight is 411 g/mol. The molecule has 2 aromatic rings. The first-order valence-electron chi connectivity index (χ1n) is 6.45. The first-order chi connectivity index (χ1) is 11.3. The van der Waals surface area contributed by atoms with Crippen molar-refractivity contribution in [2.75, 3.05) is 18.1 Å². The lowest BCUT2D eigenvalue weighted by molar-refractivity contribution is 0.284. The van der Waals surface area contributed by atoms with Gasteiger partial charge >= 0.3 is 10.4 Å². The van der Waals surface area contributed by atoms with E-state index in [1.165, 1.54) is 18.2 Å². The van der Waals surface area contributed by atoms with Crippen LogP contribution in [0.2, 0.25) is 0 Å². The van der Waals surface area contributed by atoms with Crippen LogP contribution >= 0.6 is 0 Å². The molecule has 0 heterocycles. The molecule has 0 saturated carbocycles. The van der Waals surface area contributed by atoms with Crippen molar-refractivity contribution in [3.8, 4) is 0 Å². The van der Waals surface area contributed by atoms with Gasteiger partial charge in [0.05, 0.1) is 22.2 Å². The Morgan fingerprint density at radius 3 is 2.20 bits per heavy atom. The van der Waals surface area contributed by atoms with E-state index >= 15 is 0 Å². The molecule has 13 heteroatoms. The van der Waals surface area contributed by atoms with Gasteiger partial charge in [-0.25, -0.2) is 12.6 Å². The largest absolute Gasteiger partial charge is 0.398 e. The van der Waals surface area contributed by atoms with Gasteiger partial charge in [0.25, 0.3) is 10.1 Å². The Morgan fingerprint density at radius 1 is 1.00 bits per heavy atom. The van der Waals surface area contributed by atoms with Gasteiger partial charge in [0.1, 0.15) is 0 Å². The molecule has 0 spiro atoms. The third-order valence-corrected chi connectivity index (χ3v) is 6.16. The lowest BCUT2D eigenvalue weighted by Gasteiger charge is -2.12. The van der Waals surface area contributed by atoms with Crippen molar-refractivity contribution >= 4 is 46.8 Å². The third-order valence-electron chi connectivity index (χ3n) is 3.16. The van der Waals surface area contributed by atoms with Crippen LogP contribution < -0.4 is 5.73 Å². The monoisotopic (exact) mass is 411 g/mol. The zero-order valence-electron chi connectivity index (χ0n) is 12.4. The molecule has 0 bridgehead atoms. The Hall–Kier alpha value is -1.77. The summed E-state index contributed by atoms with van der Waals surface area (Å²) in [4.78, 5) is -1.19. The minimum atomic E-state index is -4.84. The summed E-state index contributed by atoms with van der Waals surface area (Å²) in [5.41, 5.74) is 5.80. The minimum Gasteiger partial charge on any atom is -0.398 e. The van der Waals surface area contributed by atoms with Crippen molar-refractivity contribution in [2.24, 2.45) is 0 Å². The number of nitrogen functional groups attached to an aromatic ring is 1. The van der Waals surface area contributed by atoms with Crippen LogP contribution in [0.5, 0.6) is 0 Å². The van der Waals surface area contributed by atoms with E-state index in [0.29, 0.717) is 0 Å². The zero-order chi connectivity index (χ0) is 19.0. The number of anilines is 1. The second kappa shape index (κ2) is 6.51. The van der Waals surface area contributed by atoms with E-state index in [2.05, 4.69) is 4.18 Å². The van der Waals surface area contributed by atoms with Crippen molar-refractivity contribution in [3.05, 3.63) is 30.3 Å². The Balaban J connectivity index is 2.66. The summed E-state index contributed by atoms with van der Waals surface area (Å²) in [6.45, 7) is -0.897. The fourth-order valence-electron chi connectivity index (χ4n) is 2.14. The van der Waals surface area contributed by atoms with E-state index in [1.807, 2.05) is 0 Å². The lowest BCUT2D eigenvalue weighted by atomic mass is 10.1. The molecule has 0 unspecified atom stereocenters. The SMILES string of the molecule is Nc1cccc2cc(S(=O)(=O)O)cc(S(=O)(=O)CCOS(=O)(=O)O)c12. The van der Waals surface area contributed by atoms with Gasteiger partial charge in [-0.15, -0.1) is 0 Å². The molecule has 25 heavy (non-hydrogen) atoms. The van der Waals surface area contributed by atoms with Gasteiger partial charge in [0.2, 0.25) is 0 Å². The van der Waals surface area contributed by atoms with Gasteiger partial charge in [-0.05, 0) is 23.6 Å². The van der Waals surface area contributed by atoms with Crippen molar-refractivity contribution < 1.29 is 38.5 Å². The molecule has 0 atom stereocenters. The van der Waals surface area contributed by atoms with Gasteiger partial charge in [-0.1, -0.05) is 12.1 Å². The predicted octanol–water partition coefficient (Wildman–Crippen LogP) is 0.262. The molecular formula is C12H13NO9S3. The van der Waals surface area contributed by atoms with Crippen LogP contribution in [0.25, 0.3) is 10.8 Å². The minimum absolute atomic E-state index is 0.0155. The number of sulfone groups is 1. The van der Waals surface area contributed by atoms with Crippen molar-refractivity contribution in [1.29, 1.82) is 0 Å². The van der Waals surface area contributed by atoms with E-state index in [1.54, 1.807) is 0 Å². The number of rotatable bonds is 6. The highest BCUT2D eigenvalue weighted by molar-refractivity contribution is 7.91. The van der Waals surface area contributed by atoms with Gasteiger partial charge < -0.3 is 5.73 Å². The third kappa shape index (κ3) is 4.65. The van der Waals surface area contributed by atoms with Crippen LogP contribution in [0.15, 0.2) is 40.1 Å². The molecule has 2 aromatic carbocycles. The molecular weight excluding hydrogens is 398 g/mol. The maximum Gasteiger partial charge on any atom is 0.397 e. The highest BCUT2D eigenvalue weighted by Gasteiger charge is 2.24. The first-order valence-corrected chi connectivity index (χ1v) is 10.9. The highest BCUT2D eigenvalue weighted by Crippen LogP contribution is 2.32. The van der Waals surface area contributed by atoms with Crippen LogP contribution in [-0.4, -0.2) is 46.7 Å². The van der Waals surface area contributed by atoms with Gasteiger partial charge in [-0.2, -0.15) is 16.8 Å². The smallest absolute Gasteiger partial charge is 0.397 e. The molecule has 4 N–H and O–H groups in total. The summed E-state index contributed by atoms with van der Waals surface area (Å²) in [7, 11) is -13.8. The van der Waals surface area contributed by atoms with Gasteiger partial charge in [0.15, 0.2) is 9.84 Å².